The zero-order valence-corrected chi connectivity index (χ0v) is 20.9. The van der Waals surface area contributed by atoms with E-state index in [4.69, 9.17) is 25.8 Å². The van der Waals surface area contributed by atoms with Gasteiger partial charge in [0.2, 0.25) is 5.91 Å². The molecule has 1 aromatic heterocycles. The zero-order valence-electron chi connectivity index (χ0n) is 19.3. The molecule has 1 amide bonds. The number of carbonyl (C=O) groups excluding carboxylic acids is 1. The van der Waals surface area contributed by atoms with Crippen LogP contribution in [0.5, 0.6) is 17.2 Å². The van der Waals surface area contributed by atoms with Gasteiger partial charge in [-0.25, -0.2) is 0 Å². The number of allylic oxidation sites excluding steroid dienone is 1. The standard InChI is InChI=1S/C24H27ClN4O4S/c1-5-11-29-22(14-33-17-9-7-16(6-2)8-10-17)27-28-24(29)34-15-23(30)26-19-13-20(31-3)18(25)12-21(19)32-4/h5,7-10,12-13H,1,6,11,14-15H2,2-4H3,(H,26,30). The molecule has 3 aromatic rings. The number of benzene rings is 2. The monoisotopic (exact) mass is 502 g/mol. The van der Waals surface area contributed by atoms with Crippen LogP contribution in [-0.2, 0) is 24.4 Å². The number of rotatable bonds is 12. The Labute approximate surface area is 208 Å². The van der Waals surface area contributed by atoms with Crippen molar-refractivity contribution in [3.63, 3.8) is 0 Å². The van der Waals surface area contributed by atoms with Crippen LogP contribution >= 0.6 is 23.4 Å². The van der Waals surface area contributed by atoms with E-state index in [0.717, 1.165) is 12.2 Å². The van der Waals surface area contributed by atoms with Crippen LogP contribution in [0.1, 0.15) is 18.3 Å². The normalized spacial score (nSPS) is 10.6. The first-order valence-corrected chi connectivity index (χ1v) is 11.9. The van der Waals surface area contributed by atoms with E-state index in [1.807, 2.05) is 28.8 Å². The van der Waals surface area contributed by atoms with E-state index in [9.17, 15) is 4.79 Å². The van der Waals surface area contributed by atoms with Crippen molar-refractivity contribution in [1.82, 2.24) is 14.8 Å². The smallest absolute Gasteiger partial charge is 0.234 e. The van der Waals surface area contributed by atoms with Crippen molar-refractivity contribution in [3.8, 4) is 17.2 Å². The average molecular weight is 503 g/mol. The highest BCUT2D eigenvalue weighted by Gasteiger charge is 2.16. The van der Waals surface area contributed by atoms with Crippen molar-refractivity contribution >= 4 is 35.0 Å². The molecule has 0 saturated heterocycles. The minimum absolute atomic E-state index is 0.114. The molecule has 0 spiro atoms. The lowest BCUT2D eigenvalue weighted by molar-refractivity contribution is -0.113. The molecule has 0 saturated carbocycles. The number of nitrogens with one attached hydrogen (secondary N) is 1. The van der Waals surface area contributed by atoms with E-state index in [1.165, 1.54) is 31.5 Å². The predicted molar refractivity (Wildman–Crippen MR) is 134 cm³/mol. The molecule has 1 heterocycles. The van der Waals surface area contributed by atoms with Crippen LogP contribution in [0.25, 0.3) is 0 Å². The summed E-state index contributed by atoms with van der Waals surface area (Å²) in [5, 5.41) is 12.3. The highest BCUT2D eigenvalue weighted by molar-refractivity contribution is 7.99. The van der Waals surface area contributed by atoms with E-state index in [2.05, 4.69) is 29.0 Å². The van der Waals surface area contributed by atoms with Gasteiger partial charge in [-0.1, -0.05) is 48.5 Å². The molecule has 34 heavy (non-hydrogen) atoms. The number of anilines is 1. The molecule has 0 radical (unpaired) electrons. The second kappa shape index (κ2) is 12.3. The molecule has 0 aliphatic rings. The summed E-state index contributed by atoms with van der Waals surface area (Å²) in [7, 11) is 3.01. The van der Waals surface area contributed by atoms with Gasteiger partial charge in [0, 0.05) is 18.7 Å². The van der Waals surface area contributed by atoms with Crippen molar-refractivity contribution in [2.75, 3.05) is 25.3 Å². The first kappa shape index (κ1) is 25.5. The quantitative estimate of drug-likeness (QED) is 0.275. The highest BCUT2D eigenvalue weighted by atomic mass is 35.5. The molecule has 1 N–H and O–H groups in total. The topological polar surface area (TPSA) is 87.5 Å². The Morgan fingerprint density at radius 2 is 1.91 bits per heavy atom. The summed E-state index contributed by atoms with van der Waals surface area (Å²) in [5.41, 5.74) is 1.71. The van der Waals surface area contributed by atoms with Gasteiger partial charge in [0.15, 0.2) is 11.0 Å². The molecule has 0 aliphatic carbocycles. The number of aromatic nitrogens is 3. The Hall–Kier alpha value is -3.17. The lowest BCUT2D eigenvalue weighted by Gasteiger charge is -2.13. The summed E-state index contributed by atoms with van der Waals surface area (Å²) in [6, 6.07) is 11.2. The molecule has 0 atom stereocenters. The fraction of sp³-hybridized carbons (Fsp3) is 0.292. The van der Waals surface area contributed by atoms with Gasteiger partial charge in [0.25, 0.3) is 0 Å². The summed E-state index contributed by atoms with van der Waals surface area (Å²) in [6.07, 6.45) is 2.72. The van der Waals surface area contributed by atoms with Crippen LogP contribution in [0.15, 0.2) is 54.2 Å². The summed E-state index contributed by atoms with van der Waals surface area (Å²) >= 11 is 7.39. The third-order valence-electron chi connectivity index (χ3n) is 4.89. The van der Waals surface area contributed by atoms with Crippen LogP contribution in [0, 0.1) is 0 Å². The second-order valence-electron chi connectivity index (χ2n) is 7.11. The van der Waals surface area contributed by atoms with Crippen LogP contribution in [0.3, 0.4) is 0 Å². The van der Waals surface area contributed by atoms with Gasteiger partial charge in [0.1, 0.15) is 23.9 Å². The molecule has 2 aromatic carbocycles. The maximum absolute atomic E-state index is 12.6. The fourth-order valence-electron chi connectivity index (χ4n) is 3.09. The van der Waals surface area contributed by atoms with E-state index in [0.29, 0.717) is 39.7 Å². The molecule has 0 aliphatic heterocycles. The summed E-state index contributed by atoms with van der Waals surface area (Å²) in [5.74, 6) is 2.14. The molecule has 0 unspecified atom stereocenters. The summed E-state index contributed by atoms with van der Waals surface area (Å²) in [6.45, 7) is 6.66. The average Bonchev–Trinajstić information content (AvgIpc) is 3.24. The van der Waals surface area contributed by atoms with Crippen LogP contribution in [-0.4, -0.2) is 40.6 Å². The van der Waals surface area contributed by atoms with Crippen LogP contribution < -0.4 is 19.5 Å². The van der Waals surface area contributed by atoms with E-state index >= 15 is 0 Å². The summed E-state index contributed by atoms with van der Waals surface area (Å²) < 4.78 is 18.3. The number of amides is 1. The zero-order chi connectivity index (χ0) is 24.5. The van der Waals surface area contributed by atoms with Crippen molar-refractivity contribution in [3.05, 3.63) is 65.5 Å². The molecular formula is C24H27ClN4O4S. The molecule has 180 valence electrons. The summed E-state index contributed by atoms with van der Waals surface area (Å²) in [4.78, 5) is 12.6. The number of halogens is 1. The SMILES string of the molecule is C=CCn1c(COc2ccc(CC)cc2)nnc1SCC(=O)Nc1cc(OC)c(Cl)cc1OC. The van der Waals surface area contributed by atoms with E-state index in [1.54, 1.807) is 18.2 Å². The van der Waals surface area contributed by atoms with Crippen molar-refractivity contribution in [2.45, 2.75) is 31.7 Å². The molecule has 10 heteroatoms. The third kappa shape index (κ3) is 6.45. The molecular weight excluding hydrogens is 476 g/mol. The molecule has 0 bridgehead atoms. The highest BCUT2D eigenvalue weighted by Crippen LogP contribution is 2.36. The van der Waals surface area contributed by atoms with Gasteiger partial charge in [-0.2, -0.15) is 0 Å². The second-order valence-corrected chi connectivity index (χ2v) is 8.46. The van der Waals surface area contributed by atoms with Gasteiger partial charge in [-0.05, 0) is 24.1 Å². The first-order chi connectivity index (χ1) is 16.5. The maximum Gasteiger partial charge on any atom is 0.234 e. The number of aryl methyl sites for hydroxylation is 1. The Morgan fingerprint density at radius 3 is 2.56 bits per heavy atom. The van der Waals surface area contributed by atoms with Crippen molar-refractivity contribution in [1.29, 1.82) is 0 Å². The van der Waals surface area contributed by atoms with Crippen molar-refractivity contribution < 1.29 is 19.0 Å². The number of hydrogen-bond donors (Lipinski definition) is 1. The van der Waals surface area contributed by atoms with Gasteiger partial charge < -0.3 is 19.5 Å². The van der Waals surface area contributed by atoms with E-state index in [-0.39, 0.29) is 18.3 Å². The van der Waals surface area contributed by atoms with Gasteiger partial charge in [-0.15, -0.1) is 16.8 Å². The number of ether oxygens (including phenoxy) is 3. The van der Waals surface area contributed by atoms with Gasteiger partial charge in [0.05, 0.1) is 30.7 Å². The van der Waals surface area contributed by atoms with Crippen molar-refractivity contribution in [2.24, 2.45) is 0 Å². The van der Waals surface area contributed by atoms with E-state index < -0.39 is 0 Å². The Kier molecular flexibility index (Phi) is 9.24. The molecule has 8 nitrogen and oxygen atoms in total. The maximum atomic E-state index is 12.6. The largest absolute Gasteiger partial charge is 0.495 e. The number of hydrogen-bond acceptors (Lipinski definition) is 7. The fourth-order valence-corrected chi connectivity index (χ4v) is 4.09. The molecule has 3 rings (SSSR count). The number of thioether (sulfide) groups is 1. The lowest BCUT2D eigenvalue weighted by atomic mass is 10.2. The predicted octanol–water partition coefficient (Wildman–Crippen LogP) is 5.01. The Morgan fingerprint density at radius 1 is 1.18 bits per heavy atom. The van der Waals surface area contributed by atoms with Crippen LogP contribution in [0.4, 0.5) is 5.69 Å². The number of carbonyl (C=O) groups is 1. The lowest BCUT2D eigenvalue weighted by Crippen LogP contribution is -2.15. The van der Waals surface area contributed by atoms with Gasteiger partial charge >= 0.3 is 0 Å². The van der Waals surface area contributed by atoms with Gasteiger partial charge in [-0.3, -0.25) is 9.36 Å². The number of nitrogens with zero attached hydrogens (tertiary/aromatic N) is 3. The number of methoxy groups -OCH3 is 2. The Balaban J connectivity index is 1.64. The molecule has 0 fully saturated rings. The third-order valence-corrected chi connectivity index (χ3v) is 6.15. The minimum atomic E-state index is -0.241. The Bertz CT molecular complexity index is 1130. The first-order valence-electron chi connectivity index (χ1n) is 10.6. The minimum Gasteiger partial charge on any atom is -0.495 e. The van der Waals surface area contributed by atoms with Crippen LogP contribution in [0.2, 0.25) is 5.02 Å².